The molecule has 4 rings (SSSR count). The minimum Gasteiger partial charge on any atom is -0.398 e. The van der Waals surface area contributed by atoms with E-state index in [4.69, 9.17) is 11.5 Å². The number of hydrogen-bond donors (Lipinski definition) is 2. The maximum atomic E-state index is 6.09. The number of benzene rings is 2. The Morgan fingerprint density at radius 1 is 0.577 bits per heavy atom. The first kappa shape index (κ1) is 16.3. The molecule has 0 aliphatic carbocycles. The molecule has 2 aromatic heterocycles. The highest BCUT2D eigenvalue weighted by atomic mass is 15.0. The fraction of sp³-hybridized carbons (Fsp3) is 0.182. The standard InChI is InChI=1S/C22H22N4/c23-19-11-15-25(21-9-3-1-7-17(19)21)13-5-6-14-26-16-12-20(24)18-8-2-4-10-22(18)26/h1-4,7-12,15-16,23-24H,5-6,13-14H2/p+2. The topological polar surface area (TPSA) is 59.8 Å². The maximum Gasteiger partial charge on any atom is 0.214 e. The Bertz CT molecular complexity index is 985. The van der Waals surface area contributed by atoms with Crippen molar-refractivity contribution in [2.45, 2.75) is 25.9 Å². The second-order valence-corrected chi connectivity index (χ2v) is 6.67. The van der Waals surface area contributed by atoms with E-state index in [2.05, 4.69) is 57.9 Å². The summed E-state index contributed by atoms with van der Waals surface area (Å²) < 4.78 is 4.58. The van der Waals surface area contributed by atoms with Gasteiger partial charge < -0.3 is 11.5 Å². The summed E-state index contributed by atoms with van der Waals surface area (Å²) in [6.07, 6.45) is 6.38. The van der Waals surface area contributed by atoms with E-state index in [1.807, 2.05) is 24.3 Å². The van der Waals surface area contributed by atoms with Crippen LogP contribution < -0.4 is 20.6 Å². The van der Waals surface area contributed by atoms with E-state index in [0.29, 0.717) is 0 Å². The summed E-state index contributed by atoms with van der Waals surface area (Å²) in [4.78, 5) is 0. The Kier molecular flexibility index (Phi) is 4.40. The van der Waals surface area contributed by atoms with Crippen LogP contribution in [-0.2, 0) is 13.1 Å². The summed E-state index contributed by atoms with van der Waals surface area (Å²) in [6, 6.07) is 20.6. The summed E-state index contributed by atoms with van der Waals surface area (Å²) in [7, 11) is 0. The molecule has 0 aliphatic rings. The molecule has 0 atom stereocenters. The summed E-state index contributed by atoms with van der Waals surface area (Å²) >= 11 is 0. The summed E-state index contributed by atoms with van der Waals surface area (Å²) in [6.45, 7) is 1.96. The minimum absolute atomic E-state index is 0.834. The lowest BCUT2D eigenvalue weighted by atomic mass is 10.1. The Morgan fingerprint density at radius 2 is 1.00 bits per heavy atom. The highest BCUT2D eigenvalue weighted by Crippen LogP contribution is 2.18. The van der Waals surface area contributed by atoms with Crippen molar-refractivity contribution in [3.8, 4) is 0 Å². The van der Waals surface area contributed by atoms with Crippen molar-refractivity contribution >= 4 is 33.2 Å². The van der Waals surface area contributed by atoms with Crippen molar-refractivity contribution in [3.63, 3.8) is 0 Å². The average Bonchev–Trinajstić information content (AvgIpc) is 2.69. The molecule has 0 saturated heterocycles. The zero-order valence-electron chi connectivity index (χ0n) is 14.8. The number of para-hydroxylation sites is 2. The van der Waals surface area contributed by atoms with Crippen molar-refractivity contribution in [2.75, 3.05) is 11.5 Å². The second-order valence-electron chi connectivity index (χ2n) is 6.67. The number of hydrogen-bond acceptors (Lipinski definition) is 2. The van der Waals surface area contributed by atoms with Gasteiger partial charge in [0.2, 0.25) is 11.0 Å². The number of fused-ring (bicyclic) bond motifs is 2. The SMILES string of the molecule is Nc1cc[n+](CCCC[n+]2ccc(N)c3ccccc32)c2ccccc12. The number of rotatable bonds is 5. The van der Waals surface area contributed by atoms with Gasteiger partial charge in [0.25, 0.3) is 0 Å². The fourth-order valence-corrected chi connectivity index (χ4v) is 3.57. The number of unbranched alkanes of at least 4 members (excludes halogenated alkanes) is 1. The molecule has 4 aromatic rings. The van der Waals surface area contributed by atoms with E-state index in [-0.39, 0.29) is 0 Å². The Balaban J connectivity index is 1.47. The maximum absolute atomic E-state index is 6.09. The van der Waals surface area contributed by atoms with Gasteiger partial charge in [-0.05, 0) is 12.1 Å². The lowest BCUT2D eigenvalue weighted by Crippen LogP contribution is -2.37. The number of nitrogens with two attached hydrogens (primary N) is 2. The number of pyridine rings is 2. The van der Waals surface area contributed by atoms with E-state index in [0.717, 1.165) is 48.1 Å². The number of aryl methyl sites for hydroxylation is 2. The summed E-state index contributed by atoms with van der Waals surface area (Å²) in [5, 5.41) is 2.24. The van der Waals surface area contributed by atoms with E-state index >= 15 is 0 Å². The Morgan fingerprint density at radius 3 is 1.46 bits per heavy atom. The predicted molar refractivity (Wildman–Crippen MR) is 106 cm³/mol. The van der Waals surface area contributed by atoms with E-state index in [9.17, 15) is 0 Å². The van der Waals surface area contributed by atoms with Gasteiger partial charge in [0.05, 0.1) is 22.1 Å². The molecule has 2 aromatic carbocycles. The number of nitrogens with zero attached hydrogens (tertiary/aromatic N) is 2. The molecule has 0 spiro atoms. The van der Waals surface area contributed by atoms with Crippen LogP contribution in [0, 0.1) is 0 Å². The largest absolute Gasteiger partial charge is 0.398 e. The van der Waals surface area contributed by atoms with Gasteiger partial charge in [0.15, 0.2) is 12.4 Å². The zero-order valence-corrected chi connectivity index (χ0v) is 14.8. The van der Waals surface area contributed by atoms with Gasteiger partial charge in [-0.2, -0.15) is 9.13 Å². The van der Waals surface area contributed by atoms with Gasteiger partial charge in [0, 0.05) is 37.1 Å². The van der Waals surface area contributed by atoms with Crippen LogP contribution in [0.5, 0.6) is 0 Å². The third-order valence-electron chi connectivity index (χ3n) is 4.97. The van der Waals surface area contributed by atoms with Gasteiger partial charge in [-0.25, -0.2) is 0 Å². The lowest BCUT2D eigenvalue weighted by Gasteiger charge is -2.05. The third kappa shape index (κ3) is 3.06. The quantitative estimate of drug-likeness (QED) is 0.431. The van der Waals surface area contributed by atoms with Crippen LogP contribution in [0.25, 0.3) is 21.8 Å². The third-order valence-corrected chi connectivity index (χ3v) is 4.97. The molecule has 4 nitrogen and oxygen atoms in total. The Labute approximate surface area is 153 Å². The van der Waals surface area contributed by atoms with Gasteiger partial charge in [0.1, 0.15) is 13.1 Å². The number of nitrogen functional groups attached to an aromatic ring is 2. The normalized spacial score (nSPS) is 11.2. The van der Waals surface area contributed by atoms with E-state index in [1.165, 1.54) is 11.0 Å². The van der Waals surface area contributed by atoms with Crippen molar-refractivity contribution in [1.82, 2.24) is 0 Å². The lowest BCUT2D eigenvalue weighted by molar-refractivity contribution is -0.683. The van der Waals surface area contributed by atoms with Gasteiger partial charge >= 0.3 is 0 Å². The van der Waals surface area contributed by atoms with Crippen LogP contribution in [-0.4, -0.2) is 0 Å². The molecular formula is C22H24N4+2. The molecule has 130 valence electrons. The smallest absolute Gasteiger partial charge is 0.214 e. The molecule has 0 saturated carbocycles. The minimum atomic E-state index is 0.834. The van der Waals surface area contributed by atoms with Gasteiger partial charge in [-0.3, -0.25) is 0 Å². The highest BCUT2D eigenvalue weighted by molar-refractivity contribution is 5.88. The molecule has 0 bridgehead atoms. The molecule has 2 heterocycles. The first-order valence-electron chi connectivity index (χ1n) is 9.07. The van der Waals surface area contributed by atoms with Crippen LogP contribution in [0.3, 0.4) is 0 Å². The molecule has 26 heavy (non-hydrogen) atoms. The molecule has 4 heteroatoms. The van der Waals surface area contributed by atoms with Crippen LogP contribution in [0.4, 0.5) is 11.4 Å². The molecule has 0 fully saturated rings. The Hall–Kier alpha value is -3.14. The molecule has 0 aliphatic heterocycles. The first-order valence-corrected chi connectivity index (χ1v) is 9.07. The molecular weight excluding hydrogens is 320 g/mol. The van der Waals surface area contributed by atoms with Crippen LogP contribution in [0.1, 0.15) is 12.8 Å². The predicted octanol–water partition coefficient (Wildman–Crippen LogP) is 3.21. The summed E-state index contributed by atoms with van der Waals surface area (Å²) in [5.41, 5.74) is 16.2. The fourth-order valence-electron chi connectivity index (χ4n) is 3.57. The second kappa shape index (κ2) is 7.00. The average molecular weight is 344 g/mol. The van der Waals surface area contributed by atoms with E-state index < -0.39 is 0 Å². The van der Waals surface area contributed by atoms with Crippen LogP contribution in [0.15, 0.2) is 73.1 Å². The number of aromatic nitrogens is 2. The van der Waals surface area contributed by atoms with Crippen molar-refractivity contribution < 1.29 is 9.13 Å². The van der Waals surface area contributed by atoms with Crippen LogP contribution in [0.2, 0.25) is 0 Å². The number of anilines is 2. The zero-order chi connectivity index (χ0) is 17.9. The van der Waals surface area contributed by atoms with Crippen molar-refractivity contribution in [3.05, 3.63) is 73.1 Å². The molecule has 0 unspecified atom stereocenters. The highest BCUT2D eigenvalue weighted by Gasteiger charge is 2.13. The molecule has 0 radical (unpaired) electrons. The first-order chi connectivity index (χ1) is 12.7. The van der Waals surface area contributed by atoms with Crippen LogP contribution >= 0.6 is 0 Å². The summed E-state index contributed by atoms with van der Waals surface area (Å²) in [5.74, 6) is 0. The van der Waals surface area contributed by atoms with Gasteiger partial charge in [-0.1, -0.05) is 24.3 Å². The monoisotopic (exact) mass is 344 g/mol. The molecule has 4 N–H and O–H groups in total. The van der Waals surface area contributed by atoms with E-state index in [1.54, 1.807) is 0 Å². The van der Waals surface area contributed by atoms with Gasteiger partial charge in [-0.15, -0.1) is 0 Å². The molecule has 0 amide bonds. The van der Waals surface area contributed by atoms with Crippen molar-refractivity contribution in [1.29, 1.82) is 0 Å². The van der Waals surface area contributed by atoms with Crippen molar-refractivity contribution in [2.24, 2.45) is 0 Å².